The van der Waals surface area contributed by atoms with E-state index in [9.17, 15) is 14.4 Å². The molecule has 0 spiro atoms. The summed E-state index contributed by atoms with van der Waals surface area (Å²) in [6, 6.07) is -0.318. The number of rotatable bonds is 3. The number of carbonyl (C=O) groups excluding carboxylic acids is 3. The van der Waals surface area contributed by atoms with E-state index in [2.05, 4.69) is 0 Å². The highest BCUT2D eigenvalue weighted by Gasteiger charge is 2.61. The third-order valence-electron chi connectivity index (χ3n) is 7.98. The first-order valence-electron chi connectivity index (χ1n) is 11.1. The summed E-state index contributed by atoms with van der Waals surface area (Å²) in [5.74, 6) is 0.793. The summed E-state index contributed by atoms with van der Waals surface area (Å²) in [5, 5.41) is 0. The largest absolute Gasteiger partial charge is 0.339 e. The van der Waals surface area contributed by atoms with Gasteiger partial charge < -0.3 is 4.90 Å². The Balaban J connectivity index is 1.35. The molecule has 4 saturated carbocycles. The van der Waals surface area contributed by atoms with Gasteiger partial charge in [0.2, 0.25) is 0 Å². The number of urea groups is 1. The van der Waals surface area contributed by atoms with Crippen LogP contribution in [-0.4, -0.2) is 52.9 Å². The lowest BCUT2D eigenvalue weighted by molar-refractivity contribution is -0.908. The molecule has 4 bridgehead atoms. The molecule has 0 unspecified atom stereocenters. The van der Waals surface area contributed by atoms with Crippen LogP contribution < -0.4 is 4.90 Å². The number of nitrogens with zero attached hydrogens (tertiary/aromatic N) is 2. The van der Waals surface area contributed by atoms with Crippen LogP contribution >= 0.6 is 0 Å². The molecule has 0 radical (unpaired) electrons. The highest BCUT2D eigenvalue weighted by Crippen LogP contribution is 2.58. The monoisotopic (exact) mass is 374 g/mol. The average Bonchev–Trinajstić information content (AvgIpc) is 2.79. The molecule has 148 valence electrons. The Morgan fingerprint density at radius 2 is 1.30 bits per heavy atom. The van der Waals surface area contributed by atoms with Gasteiger partial charge in [0.05, 0.1) is 18.6 Å². The van der Waals surface area contributed by atoms with Crippen molar-refractivity contribution in [2.24, 2.45) is 17.8 Å². The molecule has 4 aliphatic carbocycles. The van der Waals surface area contributed by atoms with E-state index in [1.165, 1.54) is 53.2 Å². The molecule has 1 N–H and O–H groups in total. The van der Waals surface area contributed by atoms with Crippen molar-refractivity contribution >= 4 is 17.8 Å². The Hall–Kier alpha value is -1.43. The minimum Gasteiger partial charge on any atom is -0.317 e. The number of hydrogen-bond donors (Lipinski definition) is 1. The highest BCUT2D eigenvalue weighted by atomic mass is 16.2. The molecule has 6 heteroatoms. The SMILES string of the molecule is O=C1C(=O)N(C23CC4CC(CC(C4)C2)C3)C(=O)N1C[NH+]1CCCCCCC1. The maximum atomic E-state index is 13.3. The predicted molar refractivity (Wildman–Crippen MR) is 98.6 cm³/mol. The summed E-state index contributed by atoms with van der Waals surface area (Å²) in [7, 11) is 0. The Kier molecular flexibility index (Phi) is 4.30. The number of nitrogens with one attached hydrogen (secondary N) is 1. The Labute approximate surface area is 161 Å². The van der Waals surface area contributed by atoms with Crippen molar-refractivity contribution in [3.05, 3.63) is 0 Å². The zero-order valence-electron chi connectivity index (χ0n) is 16.3. The van der Waals surface area contributed by atoms with E-state index in [0.29, 0.717) is 24.4 Å². The smallest absolute Gasteiger partial charge is 0.317 e. The number of likely N-dealkylation sites (tertiary alicyclic amines) is 1. The summed E-state index contributed by atoms with van der Waals surface area (Å²) in [5.41, 5.74) is -0.362. The zero-order chi connectivity index (χ0) is 18.6. The predicted octanol–water partition coefficient (Wildman–Crippen LogP) is 1.55. The van der Waals surface area contributed by atoms with Crippen molar-refractivity contribution in [1.29, 1.82) is 0 Å². The molecular weight excluding hydrogens is 342 g/mol. The summed E-state index contributed by atoms with van der Waals surface area (Å²) in [6.45, 7) is 2.34. The quantitative estimate of drug-likeness (QED) is 0.602. The first-order valence-corrected chi connectivity index (χ1v) is 11.1. The number of carbonyl (C=O) groups is 3. The normalized spacial score (nSPS) is 40.0. The second-order valence-corrected chi connectivity index (χ2v) is 9.97. The van der Waals surface area contributed by atoms with Crippen LogP contribution in [-0.2, 0) is 9.59 Å². The topological polar surface area (TPSA) is 62.1 Å². The fourth-order valence-electron chi connectivity index (χ4n) is 7.19. The minimum atomic E-state index is -0.578. The van der Waals surface area contributed by atoms with E-state index >= 15 is 0 Å². The first-order chi connectivity index (χ1) is 13.1. The van der Waals surface area contributed by atoms with Crippen molar-refractivity contribution in [2.45, 2.75) is 76.2 Å². The standard InChI is InChI=1S/C21H31N3O3/c25-18-19(26)24(21-11-15-8-16(12-21)10-17(9-15)13-21)20(27)23(18)14-22-6-4-2-1-3-5-7-22/h15-17H,1-14H2/p+1. The fourth-order valence-corrected chi connectivity index (χ4v) is 7.19. The molecule has 4 amide bonds. The maximum absolute atomic E-state index is 13.3. The molecule has 0 aromatic heterocycles. The fraction of sp³-hybridized carbons (Fsp3) is 0.857. The number of amides is 4. The van der Waals surface area contributed by atoms with E-state index < -0.39 is 11.8 Å². The lowest BCUT2D eigenvalue weighted by Crippen LogP contribution is -3.13. The van der Waals surface area contributed by atoms with Crippen molar-refractivity contribution < 1.29 is 19.3 Å². The van der Waals surface area contributed by atoms with Gasteiger partial charge in [-0.15, -0.1) is 0 Å². The van der Waals surface area contributed by atoms with E-state index in [1.807, 2.05) is 0 Å². The van der Waals surface area contributed by atoms with Crippen LogP contribution in [0.5, 0.6) is 0 Å². The van der Waals surface area contributed by atoms with Gasteiger partial charge in [0.15, 0.2) is 6.67 Å². The van der Waals surface area contributed by atoms with E-state index in [0.717, 1.165) is 45.2 Å². The van der Waals surface area contributed by atoms with E-state index in [-0.39, 0.29) is 11.6 Å². The molecule has 2 heterocycles. The molecule has 27 heavy (non-hydrogen) atoms. The molecule has 0 aromatic rings. The molecule has 0 atom stereocenters. The van der Waals surface area contributed by atoms with Crippen LogP contribution in [0, 0.1) is 17.8 Å². The van der Waals surface area contributed by atoms with Crippen molar-refractivity contribution in [3.8, 4) is 0 Å². The molecular formula is C21H32N3O3+. The number of hydrogen-bond acceptors (Lipinski definition) is 3. The first kappa shape index (κ1) is 17.7. The Morgan fingerprint density at radius 3 is 1.85 bits per heavy atom. The second-order valence-electron chi connectivity index (χ2n) is 9.97. The molecule has 6 rings (SSSR count). The van der Waals surface area contributed by atoms with Gasteiger partial charge in [-0.1, -0.05) is 6.42 Å². The van der Waals surface area contributed by atoms with Crippen molar-refractivity contribution in [3.63, 3.8) is 0 Å². The molecule has 0 aromatic carbocycles. The van der Waals surface area contributed by atoms with Crippen LogP contribution in [0.25, 0.3) is 0 Å². The van der Waals surface area contributed by atoms with Crippen LogP contribution in [0.2, 0.25) is 0 Å². The van der Waals surface area contributed by atoms with Gasteiger partial charge in [-0.2, -0.15) is 0 Å². The summed E-state index contributed by atoms with van der Waals surface area (Å²) >= 11 is 0. The molecule has 6 aliphatic rings. The van der Waals surface area contributed by atoms with Crippen LogP contribution in [0.1, 0.15) is 70.6 Å². The van der Waals surface area contributed by atoms with Gasteiger partial charge >= 0.3 is 17.8 Å². The second kappa shape index (κ2) is 6.57. The van der Waals surface area contributed by atoms with E-state index in [1.54, 1.807) is 0 Å². The molecule has 6 fully saturated rings. The third-order valence-corrected chi connectivity index (χ3v) is 7.98. The highest BCUT2D eigenvalue weighted by molar-refractivity contribution is 6.44. The van der Waals surface area contributed by atoms with Crippen LogP contribution in [0.3, 0.4) is 0 Å². The average molecular weight is 375 g/mol. The van der Waals surface area contributed by atoms with Crippen LogP contribution in [0.4, 0.5) is 4.79 Å². The summed E-state index contributed by atoms with van der Waals surface area (Å²) in [6.07, 6.45) is 12.6. The third kappa shape index (κ3) is 2.91. The lowest BCUT2D eigenvalue weighted by atomic mass is 9.52. The van der Waals surface area contributed by atoms with Crippen LogP contribution in [0.15, 0.2) is 0 Å². The molecule has 2 aliphatic heterocycles. The molecule has 2 saturated heterocycles. The van der Waals surface area contributed by atoms with E-state index in [4.69, 9.17) is 0 Å². The Morgan fingerprint density at radius 1 is 0.778 bits per heavy atom. The van der Waals surface area contributed by atoms with Gasteiger partial charge in [-0.05, 0) is 82.0 Å². The number of imide groups is 2. The summed E-state index contributed by atoms with van der Waals surface area (Å²) in [4.78, 5) is 42.9. The van der Waals surface area contributed by atoms with Gasteiger partial charge in [-0.3, -0.25) is 9.59 Å². The van der Waals surface area contributed by atoms with Gasteiger partial charge in [-0.25, -0.2) is 14.6 Å². The van der Waals surface area contributed by atoms with Gasteiger partial charge in [0.1, 0.15) is 0 Å². The zero-order valence-corrected chi connectivity index (χ0v) is 16.3. The minimum absolute atomic E-state index is 0.318. The Bertz CT molecular complexity index is 618. The van der Waals surface area contributed by atoms with Crippen molar-refractivity contribution in [1.82, 2.24) is 9.80 Å². The lowest BCUT2D eigenvalue weighted by Gasteiger charge is -2.58. The molecule has 6 nitrogen and oxygen atoms in total. The summed E-state index contributed by atoms with van der Waals surface area (Å²) < 4.78 is 0. The van der Waals surface area contributed by atoms with Gasteiger partial charge in [0, 0.05) is 0 Å². The number of quaternary nitrogens is 1. The maximum Gasteiger partial charge on any atom is 0.339 e. The van der Waals surface area contributed by atoms with Gasteiger partial charge in [0.25, 0.3) is 0 Å². The van der Waals surface area contributed by atoms with Crippen molar-refractivity contribution in [2.75, 3.05) is 19.8 Å².